The number of nitrogens with one attached hydrogen (secondary N) is 1. The number of rotatable bonds is 3. The molecule has 1 aliphatic carbocycles. The van der Waals surface area contributed by atoms with Crippen LogP contribution in [-0.4, -0.2) is 44.7 Å². The van der Waals surface area contributed by atoms with Crippen LogP contribution < -0.4 is 5.32 Å². The number of benzene rings is 1. The van der Waals surface area contributed by atoms with Crippen molar-refractivity contribution in [2.75, 3.05) is 18.4 Å². The molecule has 2 aliphatic heterocycles. The smallest absolute Gasteiger partial charge is 0.293 e. The van der Waals surface area contributed by atoms with Crippen LogP contribution in [0.4, 0.5) is 5.69 Å². The Morgan fingerprint density at radius 1 is 1.04 bits per heavy atom. The van der Waals surface area contributed by atoms with E-state index in [2.05, 4.69) is 20.4 Å². The van der Waals surface area contributed by atoms with Crippen molar-refractivity contribution in [3.63, 3.8) is 0 Å². The second-order valence-electron chi connectivity index (χ2n) is 7.63. The summed E-state index contributed by atoms with van der Waals surface area (Å²) >= 11 is 0. The average molecular weight is 337 g/mol. The molecule has 25 heavy (non-hydrogen) atoms. The number of aromatic nitrogens is 3. The van der Waals surface area contributed by atoms with Gasteiger partial charge in [-0.05, 0) is 36.8 Å². The van der Waals surface area contributed by atoms with Crippen molar-refractivity contribution in [2.24, 2.45) is 11.8 Å². The number of carbonyl (C=O) groups is 1. The molecule has 1 saturated heterocycles. The number of hydrogen-bond acceptors (Lipinski definition) is 4. The lowest BCUT2D eigenvalue weighted by atomic mass is 9.89. The van der Waals surface area contributed by atoms with Crippen molar-refractivity contribution in [3.05, 3.63) is 42.0 Å². The molecule has 1 aromatic carbocycles. The molecule has 2 aromatic rings. The minimum Gasteiger partial charge on any atom is -0.319 e. The molecule has 5 rings (SSSR count). The van der Waals surface area contributed by atoms with E-state index >= 15 is 0 Å². The molecule has 0 bridgehead atoms. The third-order valence-electron chi connectivity index (χ3n) is 6.12. The van der Waals surface area contributed by atoms with Gasteiger partial charge < -0.3 is 9.88 Å². The lowest BCUT2D eigenvalue weighted by Crippen LogP contribution is -2.38. The first-order valence-corrected chi connectivity index (χ1v) is 9.30. The van der Waals surface area contributed by atoms with Gasteiger partial charge in [0.25, 0.3) is 5.91 Å². The Bertz CT molecular complexity index is 782. The molecular formula is C19H23N5O. The Morgan fingerprint density at radius 2 is 1.84 bits per heavy atom. The van der Waals surface area contributed by atoms with Gasteiger partial charge in [0.15, 0.2) is 0 Å². The Kier molecular flexibility index (Phi) is 3.59. The third kappa shape index (κ3) is 2.65. The second kappa shape index (κ2) is 5.95. The lowest BCUT2D eigenvalue weighted by molar-refractivity contribution is 0.100. The molecule has 3 aliphatic rings. The van der Waals surface area contributed by atoms with Gasteiger partial charge in [0.1, 0.15) is 5.82 Å². The van der Waals surface area contributed by atoms with Crippen LogP contribution in [0.3, 0.4) is 0 Å². The number of nitrogens with zero attached hydrogens (tertiary/aromatic N) is 4. The summed E-state index contributed by atoms with van der Waals surface area (Å²) in [6, 6.07) is 10.3. The molecule has 0 radical (unpaired) electrons. The highest BCUT2D eigenvalue weighted by Crippen LogP contribution is 2.37. The molecule has 6 nitrogen and oxygen atoms in total. The molecule has 1 amide bonds. The molecule has 0 unspecified atom stereocenters. The van der Waals surface area contributed by atoms with E-state index in [0.717, 1.165) is 37.1 Å². The molecule has 0 spiro atoms. The van der Waals surface area contributed by atoms with E-state index in [-0.39, 0.29) is 5.91 Å². The number of anilines is 1. The van der Waals surface area contributed by atoms with E-state index in [1.807, 2.05) is 34.9 Å². The zero-order valence-electron chi connectivity index (χ0n) is 14.3. The molecule has 1 N–H and O–H groups in total. The van der Waals surface area contributed by atoms with Crippen molar-refractivity contribution in [1.82, 2.24) is 19.7 Å². The maximum absolute atomic E-state index is 12.6. The first-order chi connectivity index (χ1) is 12.3. The Hall–Kier alpha value is -2.21. The van der Waals surface area contributed by atoms with Gasteiger partial charge in [-0.2, -0.15) is 0 Å². The van der Waals surface area contributed by atoms with E-state index in [1.54, 1.807) is 0 Å². The first kappa shape index (κ1) is 15.1. The van der Waals surface area contributed by atoms with Gasteiger partial charge in [0.05, 0.1) is 0 Å². The summed E-state index contributed by atoms with van der Waals surface area (Å²) < 4.78 is 2.05. The van der Waals surface area contributed by atoms with E-state index in [0.29, 0.717) is 17.7 Å². The molecule has 3 heterocycles. The predicted molar refractivity (Wildman–Crippen MR) is 94.3 cm³/mol. The predicted octanol–water partition coefficient (Wildman–Crippen LogP) is 2.19. The van der Waals surface area contributed by atoms with Gasteiger partial charge in [-0.25, -0.2) is 0 Å². The first-order valence-electron chi connectivity index (χ1n) is 9.30. The number of hydrogen-bond donors (Lipinski definition) is 1. The second-order valence-corrected chi connectivity index (χ2v) is 7.63. The lowest BCUT2D eigenvalue weighted by Gasteiger charge is -2.34. The highest BCUT2D eigenvalue weighted by molar-refractivity contribution is 6.01. The summed E-state index contributed by atoms with van der Waals surface area (Å²) in [5.41, 5.74) is 0.788. The number of amides is 1. The van der Waals surface area contributed by atoms with Crippen LogP contribution in [0.5, 0.6) is 0 Å². The molecule has 130 valence electrons. The van der Waals surface area contributed by atoms with Crippen LogP contribution in [0, 0.1) is 11.8 Å². The SMILES string of the molecule is O=C(Nc1ccccc1)c1nnc2n1C[C@@H]1CN(C3CCC3)C[C@H]1C2. The third-order valence-corrected chi connectivity index (χ3v) is 6.12. The highest BCUT2D eigenvalue weighted by atomic mass is 16.2. The largest absolute Gasteiger partial charge is 0.319 e. The van der Waals surface area contributed by atoms with Crippen LogP contribution in [0.15, 0.2) is 30.3 Å². The summed E-state index contributed by atoms with van der Waals surface area (Å²) in [4.78, 5) is 15.3. The van der Waals surface area contributed by atoms with Crippen molar-refractivity contribution >= 4 is 11.6 Å². The summed E-state index contributed by atoms with van der Waals surface area (Å²) in [5, 5.41) is 11.4. The number of fused-ring (bicyclic) bond motifs is 2. The maximum Gasteiger partial charge on any atom is 0.293 e. The molecule has 1 saturated carbocycles. The molecule has 6 heteroatoms. The molecule has 2 fully saturated rings. The summed E-state index contributed by atoms with van der Waals surface area (Å²) in [5.74, 6) is 2.53. The van der Waals surface area contributed by atoms with Gasteiger partial charge in [-0.3, -0.25) is 9.69 Å². The fraction of sp³-hybridized carbons (Fsp3) is 0.526. The van der Waals surface area contributed by atoms with Gasteiger partial charge in [-0.1, -0.05) is 24.6 Å². The van der Waals surface area contributed by atoms with Crippen molar-refractivity contribution < 1.29 is 4.79 Å². The van der Waals surface area contributed by atoms with Crippen molar-refractivity contribution in [2.45, 2.75) is 38.3 Å². The van der Waals surface area contributed by atoms with E-state index in [4.69, 9.17) is 0 Å². The highest BCUT2D eigenvalue weighted by Gasteiger charge is 2.42. The summed E-state index contributed by atoms with van der Waals surface area (Å²) in [6.07, 6.45) is 5.04. The van der Waals surface area contributed by atoms with Crippen LogP contribution in [-0.2, 0) is 13.0 Å². The average Bonchev–Trinajstić information content (AvgIpc) is 3.14. The van der Waals surface area contributed by atoms with Crippen LogP contribution in [0.25, 0.3) is 0 Å². The van der Waals surface area contributed by atoms with Gasteiger partial charge in [-0.15, -0.1) is 10.2 Å². The molecular weight excluding hydrogens is 314 g/mol. The van der Waals surface area contributed by atoms with Gasteiger partial charge >= 0.3 is 0 Å². The maximum atomic E-state index is 12.6. The molecule has 2 atom stereocenters. The standard InChI is InChI=1S/C19H23N5O/c25-19(20-15-5-2-1-3-6-15)18-22-21-17-9-13-10-23(16-7-4-8-16)11-14(13)12-24(17)18/h1-3,5-6,13-14,16H,4,7-12H2,(H,20,25)/t13-,14+/m1/s1. The normalized spacial score (nSPS) is 25.9. The van der Waals surface area contributed by atoms with Crippen LogP contribution >= 0.6 is 0 Å². The molecule has 1 aromatic heterocycles. The summed E-state index contributed by atoms with van der Waals surface area (Å²) in [6.45, 7) is 3.22. The van der Waals surface area contributed by atoms with Crippen LogP contribution in [0.1, 0.15) is 35.7 Å². The van der Waals surface area contributed by atoms with E-state index < -0.39 is 0 Å². The monoisotopic (exact) mass is 337 g/mol. The minimum absolute atomic E-state index is 0.169. The number of para-hydroxylation sites is 1. The zero-order chi connectivity index (χ0) is 16.8. The van der Waals surface area contributed by atoms with Crippen molar-refractivity contribution in [1.29, 1.82) is 0 Å². The topological polar surface area (TPSA) is 63.1 Å². The quantitative estimate of drug-likeness (QED) is 0.932. The Labute approximate surface area is 147 Å². The fourth-order valence-corrected chi connectivity index (χ4v) is 4.49. The van der Waals surface area contributed by atoms with Crippen LogP contribution in [0.2, 0.25) is 0 Å². The zero-order valence-corrected chi connectivity index (χ0v) is 14.3. The Balaban J connectivity index is 1.33. The summed E-state index contributed by atoms with van der Waals surface area (Å²) in [7, 11) is 0. The van der Waals surface area contributed by atoms with Crippen molar-refractivity contribution in [3.8, 4) is 0 Å². The van der Waals surface area contributed by atoms with E-state index in [9.17, 15) is 4.79 Å². The fourth-order valence-electron chi connectivity index (χ4n) is 4.49. The van der Waals surface area contributed by atoms with E-state index in [1.165, 1.54) is 25.8 Å². The van der Waals surface area contributed by atoms with Gasteiger partial charge in [0, 0.05) is 37.8 Å². The number of carbonyl (C=O) groups excluding carboxylic acids is 1. The Morgan fingerprint density at radius 3 is 2.60 bits per heavy atom. The minimum atomic E-state index is -0.169. The van der Waals surface area contributed by atoms with Gasteiger partial charge in [0.2, 0.25) is 5.82 Å². The number of likely N-dealkylation sites (tertiary alicyclic amines) is 1.